The third-order valence-corrected chi connectivity index (χ3v) is 0. The van der Waals surface area contributed by atoms with E-state index in [4.69, 9.17) is 16.2 Å². The molecule has 54 valence electrons. The van der Waals surface area contributed by atoms with Crippen molar-refractivity contribution in [3.8, 4) is 0 Å². The van der Waals surface area contributed by atoms with Gasteiger partial charge < -0.3 is 16.2 Å². The van der Waals surface area contributed by atoms with Gasteiger partial charge in [-0.15, -0.1) is 0 Å². The molecule has 0 N–H and O–H groups in total. The zero-order valence-corrected chi connectivity index (χ0v) is 9.24. The van der Waals surface area contributed by atoms with Crippen LogP contribution in [-0.2, 0) is 20.1 Å². The average molecular weight is 366 g/mol. The van der Waals surface area contributed by atoms with Gasteiger partial charge in [0.15, 0.2) is 0 Å². The molecule has 0 amide bonds. The SMILES string of the molecule is [Ir+3].[N-]=C=S.[N-]=C=S.[N-]=C=S. The molecule has 3 nitrogen and oxygen atoms in total. The normalized spacial score (nSPS) is 2.40. The van der Waals surface area contributed by atoms with Crippen LogP contribution in [0.25, 0.3) is 16.2 Å². The first-order chi connectivity index (χ1) is 4.24. The van der Waals surface area contributed by atoms with Crippen LogP contribution in [-0.4, -0.2) is 15.5 Å². The topological polar surface area (TPSA) is 66.9 Å². The second-order valence-electron chi connectivity index (χ2n) is 0.274. The van der Waals surface area contributed by atoms with Gasteiger partial charge >= 0.3 is 20.1 Å². The fraction of sp³-hybridized carbons (Fsp3) is 0. The Bertz CT molecular complexity index is 111. The maximum atomic E-state index is 7.13. The maximum Gasteiger partial charge on any atom is 3.00 e. The summed E-state index contributed by atoms with van der Waals surface area (Å²) < 4.78 is 0. The van der Waals surface area contributed by atoms with Crippen molar-refractivity contribution in [2.45, 2.75) is 0 Å². The molecule has 0 aromatic rings. The first kappa shape index (κ1) is 22.5. The Balaban J connectivity index is -0.0000000257. The summed E-state index contributed by atoms with van der Waals surface area (Å²) in [5.74, 6) is 0. The van der Waals surface area contributed by atoms with Crippen LogP contribution in [0.1, 0.15) is 0 Å². The Morgan fingerprint density at radius 1 is 0.700 bits per heavy atom. The molecule has 0 bridgehead atoms. The third-order valence-electron chi connectivity index (χ3n) is 0. The average Bonchev–Trinajstić information content (AvgIpc) is 1.70. The minimum absolute atomic E-state index is 0. The molecule has 0 rings (SSSR count). The van der Waals surface area contributed by atoms with Crippen LogP contribution in [0.3, 0.4) is 0 Å². The van der Waals surface area contributed by atoms with E-state index in [1.54, 1.807) is 0 Å². The quantitative estimate of drug-likeness (QED) is 0.486. The number of hydrogen-bond acceptors (Lipinski definition) is 3. The van der Waals surface area contributed by atoms with Crippen molar-refractivity contribution in [2.24, 2.45) is 0 Å². The molecule has 0 fully saturated rings. The van der Waals surface area contributed by atoms with E-state index >= 15 is 0 Å². The predicted octanol–water partition coefficient (Wildman–Crippen LogP) is 1.97. The molecule has 7 heteroatoms. The van der Waals surface area contributed by atoms with Crippen molar-refractivity contribution in [2.75, 3.05) is 0 Å². The van der Waals surface area contributed by atoms with Crippen molar-refractivity contribution in [3.05, 3.63) is 16.2 Å². The third kappa shape index (κ3) is 164000. The van der Waals surface area contributed by atoms with Crippen LogP contribution in [0.5, 0.6) is 0 Å². The summed E-state index contributed by atoms with van der Waals surface area (Å²) >= 11 is 11.1. The van der Waals surface area contributed by atoms with Gasteiger partial charge in [-0.2, -0.15) is 15.5 Å². The number of isothiocyanates is 3. The summed E-state index contributed by atoms with van der Waals surface area (Å²) in [5, 5.41) is 25.4. The maximum absolute atomic E-state index is 7.13. The van der Waals surface area contributed by atoms with Gasteiger partial charge in [0.2, 0.25) is 0 Å². The molecule has 0 aliphatic heterocycles. The molecule has 0 saturated heterocycles. The fourth-order valence-corrected chi connectivity index (χ4v) is 0. The first-order valence-corrected chi connectivity index (χ1v) is 2.51. The number of hydrogen-bond donors (Lipinski definition) is 0. The molecule has 10 heavy (non-hydrogen) atoms. The zero-order chi connectivity index (χ0) is 8.12. The largest absolute Gasteiger partial charge is 3.00 e. The van der Waals surface area contributed by atoms with Crippen LogP contribution in [0, 0.1) is 0 Å². The van der Waals surface area contributed by atoms with Crippen molar-refractivity contribution in [1.82, 2.24) is 0 Å². The summed E-state index contributed by atoms with van der Waals surface area (Å²) in [4.78, 5) is 0. The van der Waals surface area contributed by atoms with Gasteiger partial charge in [0, 0.05) is 0 Å². The van der Waals surface area contributed by atoms with Gasteiger partial charge in [0.05, 0.1) is 0 Å². The van der Waals surface area contributed by atoms with E-state index in [1.807, 2.05) is 0 Å². The summed E-state index contributed by atoms with van der Waals surface area (Å²) in [5.41, 5.74) is 0. The van der Waals surface area contributed by atoms with Gasteiger partial charge in [-0.05, 0) is 0 Å². The Morgan fingerprint density at radius 2 is 0.700 bits per heavy atom. The van der Waals surface area contributed by atoms with E-state index in [1.165, 1.54) is 15.5 Å². The van der Waals surface area contributed by atoms with Crippen molar-refractivity contribution >= 4 is 52.1 Å². The van der Waals surface area contributed by atoms with Gasteiger partial charge in [-0.1, -0.05) is 36.7 Å². The minimum Gasteiger partial charge on any atom is -0.753 e. The van der Waals surface area contributed by atoms with Crippen LogP contribution in [0.15, 0.2) is 0 Å². The smallest absolute Gasteiger partial charge is 0.753 e. The molecule has 0 aliphatic rings. The number of thiocarbonyl (C=S) groups is 3. The van der Waals surface area contributed by atoms with Crippen molar-refractivity contribution in [3.63, 3.8) is 0 Å². The van der Waals surface area contributed by atoms with Gasteiger partial charge in [0.1, 0.15) is 0 Å². The standard InChI is InChI=1S/3CNS.Ir/c3*2-1-3;/q3*-1;+3. The summed E-state index contributed by atoms with van der Waals surface area (Å²) in [7, 11) is 0. The van der Waals surface area contributed by atoms with Gasteiger partial charge in [0.25, 0.3) is 0 Å². The summed E-state index contributed by atoms with van der Waals surface area (Å²) in [6.07, 6.45) is 0. The van der Waals surface area contributed by atoms with E-state index in [2.05, 4.69) is 36.7 Å². The monoisotopic (exact) mass is 367 g/mol. The van der Waals surface area contributed by atoms with Crippen LogP contribution in [0.2, 0.25) is 0 Å². The van der Waals surface area contributed by atoms with Crippen LogP contribution < -0.4 is 0 Å². The molecule has 0 heterocycles. The zero-order valence-electron chi connectivity index (χ0n) is 4.40. The minimum atomic E-state index is 0. The molecule has 0 aromatic heterocycles. The predicted molar refractivity (Wildman–Crippen MR) is 47.9 cm³/mol. The summed E-state index contributed by atoms with van der Waals surface area (Å²) in [6, 6.07) is 0. The first-order valence-electron chi connectivity index (χ1n) is 1.28. The summed E-state index contributed by atoms with van der Waals surface area (Å²) in [6.45, 7) is 0. The second-order valence-corrected chi connectivity index (χ2v) is 0.822. The van der Waals surface area contributed by atoms with Crippen LogP contribution >= 0.6 is 36.7 Å². The molecule has 0 aliphatic carbocycles. The van der Waals surface area contributed by atoms with E-state index in [-0.39, 0.29) is 20.1 Å². The molecular formula is C3IrN3S3. The Kier molecular flexibility index (Phi) is 142. The van der Waals surface area contributed by atoms with E-state index in [0.717, 1.165) is 0 Å². The Hall–Kier alpha value is 0.0494. The van der Waals surface area contributed by atoms with E-state index < -0.39 is 0 Å². The molecule has 0 aromatic carbocycles. The number of rotatable bonds is 0. The van der Waals surface area contributed by atoms with E-state index in [0.29, 0.717) is 0 Å². The van der Waals surface area contributed by atoms with Crippen molar-refractivity contribution in [1.29, 1.82) is 0 Å². The molecule has 0 radical (unpaired) electrons. The second kappa shape index (κ2) is 63.1. The van der Waals surface area contributed by atoms with Gasteiger partial charge in [-0.25, -0.2) is 0 Å². The fourth-order valence-electron chi connectivity index (χ4n) is 0. The Morgan fingerprint density at radius 3 is 0.700 bits per heavy atom. The molecule has 0 unspecified atom stereocenters. The van der Waals surface area contributed by atoms with Crippen LogP contribution in [0.4, 0.5) is 0 Å². The molecule has 0 saturated carbocycles. The van der Waals surface area contributed by atoms with Gasteiger partial charge in [-0.3, -0.25) is 0 Å². The van der Waals surface area contributed by atoms with E-state index in [9.17, 15) is 0 Å². The molecule has 0 atom stereocenters. The number of nitrogens with zero attached hydrogens (tertiary/aromatic N) is 3. The Labute approximate surface area is 88.1 Å². The molecule has 0 spiro atoms. The molecular weight excluding hydrogens is 366 g/mol. The van der Waals surface area contributed by atoms with Crippen molar-refractivity contribution < 1.29 is 20.1 Å².